The summed E-state index contributed by atoms with van der Waals surface area (Å²) >= 11 is 0. The number of benzene rings is 1. The molecule has 1 amide bonds. The van der Waals surface area contributed by atoms with Gasteiger partial charge in [-0.05, 0) is 19.4 Å². The fourth-order valence-electron chi connectivity index (χ4n) is 3.07. The Morgan fingerprint density at radius 2 is 1.88 bits per heavy atom. The Morgan fingerprint density at radius 1 is 1.12 bits per heavy atom. The SMILES string of the molecule is CC(=O)N1CCN(c2cc(NCc3cccc(C)c3)nc(C)n2)CC1. The fraction of sp³-hybridized carbons (Fsp3) is 0.421. The molecule has 0 radical (unpaired) electrons. The Bertz CT molecular complexity index is 753. The second-order valence-corrected chi connectivity index (χ2v) is 6.49. The Hall–Kier alpha value is -2.63. The monoisotopic (exact) mass is 339 g/mol. The summed E-state index contributed by atoms with van der Waals surface area (Å²) in [4.78, 5) is 24.6. The Balaban J connectivity index is 1.67. The van der Waals surface area contributed by atoms with Crippen molar-refractivity contribution >= 4 is 17.5 Å². The number of nitrogens with zero attached hydrogens (tertiary/aromatic N) is 4. The van der Waals surface area contributed by atoms with E-state index in [2.05, 4.69) is 51.4 Å². The van der Waals surface area contributed by atoms with Crippen LogP contribution in [0.3, 0.4) is 0 Å². The lowest BCUT2D eigenvalue weighted by Crippen LogP contribution is -2.48. The molecule has 0 saturated carbocycles. The second kappa shape index (κ2) is 7.51. The van der Waals surface area contributed by atoms with Crippen LogP contribution in [0.15, 0.2) is 30.3 Å². The van der Waals surface area contributed by atoms with Gasteiger partial charge in [0.05, 0.1) is 0 Å². The van der Waals surface area contributed by atoms with Gasteiger partial charge in [0.25, 0.3) is 0 Å². The summed E-state index contributed by atoms with van der Waals surface area (Å²) in [5.41, 5.74) is 2.48. The maximum absolute atomic E-state index is 11.5. The van der Waals surface area contributed by atoms with Gasteiger partial charge in [0, 0.05) is 45.7 Å². The smallest absolute Gasteiger partial charge is 0.219 e. The van der Waals surface area contributed by atoms with E-state index in [4.69, 9.17) is 0 Å². The number of amides is 1. The number of nitrogens with one attached hydrogen (secondary N) is 1. The highest BCUT2D eigenvalue weighted by atomic mass is 16.2. The first-order chi connectivity index (χ1) is 12.0. The van der Waals surface area contributed by atoms with Crippen LogP contribution in [0.4, 0.5) is 11.6 Å². The Kier molecular flexibility index (Phi) is 5.16. The van der Waals surface area contributed by atoms with Crippen molar-refractivity contribution < 1.29 is 4.79 Å². The third kappa shape index (κ3) is 4.47. The van der Waals surface area contributed by atoms with Crippen LogP contribution in [-0.2, 0) is 11.3 Å². The topological polar surface area (TPSA) is 61.4 Å². The fourth-order valence-corrected chi connectivity index (χ4v) is 3.07. The number of carbonyl (C=O) groups is 1. The number of aromatic nitrogens is 2. The molecule has 3 rings (SSSR count). The summed E-state index contributed by atoms with van der Waals surface area (Å²) < 4.78 is 0. The Labute approximate surface area is 148 Å². The lowest BCUT2D eigenvalue weighted by Gasteiger charge is -2.35. The number of aryl methyl sites for hydroxylation is 2. The van der Waals surface area contributed by atoms with E-state index in [0.29, 0.717) is 0 Å². The minimum absolute atomic E-state index is 0.138. The number of piperazine rings is 1. The molecule has 2 aromatic rings. The van der Waals surface area contributed by atoms with Crippen molar-refractivity contribution in [3.05, 3.63) is 47.3 Å². The van der Waals surface area contributed by atoms with Gasteiger partial charge in [-0.15, -0.1) is 0 Å². The lowest BCUT2D eigenvalue weighted by atomic mass is 10.1. The molecular weight excluding hydrogens is 314 g/mol. The first kappa shape index (κ1) is 17.2. The van der Waals surface area contributed by atoms with Crippen LogP contribution < -0.4 is 10.2 Å². The maximum Gasteiger partial charge on any atom is 0.219 e. The number of rotatable bonds is 4. The number of anilines is 2. The number of hydrogen-bond acceptors (Lipinski definition) is 5. The molecule has 0 atom stereocenters. The highest BCUT2D eigenvalue weighted by molar-refractivity contribution is 5.73. The van der Waals surface area contributed by atoms with E-state index in [9.17, 15) is 4.79 Å². The first-order valence-electron chi connectivity index (χ1n) is 8.67. The van der Waals surface area contributed by atoms with Gasteiger partial charge in [-0.25, -0.2) is 9.97 Å². The predicted octanol–water partition coefficient (Wildman–Crippen LogP) is 2.37. The van der Waals surface area contributed by atoms with Gasteiger partial charge >= 0.3 is 0 Å². The summed E-state index contributed by atoms with van der Waals surface area (Å²) in [5.74, 6) is 2.64. The zero-order chi connectivity index (χ0) is 17.8. The standard InChI is InChI=1S/C19H25N5O/c1-14-5-4-6-17(11-14)13-20-18-12-19(22-15(2)21-18)24-9-7-23(8-10-24)16(3)25/h4-6,11-12H,7-10,13H2,1-3H3,(H,20,21,22). The van der Waals surface area contributed by atoms with E-state index in [0.717, 1.165) is 50.2 Å². The van der Waals surface area contributed by atoms with E-state index in [1.807, 2.05) is 17.9 Å². The summed E-state index contributed by atoms with van der Waals surface area (Å²) in [6, 6.07) is 10.4. The zero-order valence-electron chi connectivity index (χ0n) is 15.1. The summed E-state index contributed by atoms with van der Waals surface area (Å²) in [6.45, 7) is 9.44. The quantitative estimate of drug-likeness (QED) is 0.927. The van der Waals surface area contributed by atoms with Crippen molar-refractivity contribution in [1.82, 2.24) is 14.9 Å². The van der Waals surface area contributed by atoms with Gasteiger partial charge < -0.3 is 15.1 Å². The van der Waals surface area contributed by atoms with Crippen LogP contribution >= 0.6 is 0 Å². The molecule has 132 valence electrons. The molecule has 0 aliphatic carbocycles. The number of hydrogen-bond donors (Lipinski definition) is 1. The van der Waals surface area contributed by atoms with E-state index >= 15 is 0 Å². The molecule has 0 spiro atoms. The minimum Gasteiger partial charge on any atom is -0.366 e. The van der Waals surface area contributed by atoms with Crippen LogP contribution in [0.2, 0.25) is 0 Å². The third-order valence-electron chi connectivity index (χ3n) is 4.43. The van der Waals surface area contributed by atoms with Crippen LogP contribution in [0.25, 0.3) is 0 Å². The van der Waals surface area contributed by atoms with Crippen molar-refractivity contribution in [2.75, 3.05) is 36.4 Å². The van der Waals surface area contributed by atoms with Crippen molar-refractivity contribution in [1.29, 1.82) is 0 Å². The molecular formula is C19H25N5O. The molecule has 25 heavy (non-hydrogen) atoms. The summed E-state index contributed by atoms with van der Waals surface area (Å²) in [7, 11) is 0. The molecule has 1 N–H and O–H groups in total. The zero-order valence-corrected chi connectivity index (χ0v) is 15.1. The normalized spacial score (nSPS) is 14.5. The molecule has 1 aliphatic heterocycles. The molecule has 2 heterocycles. The van der Waals surface area contributed by atoms with Crippen molar-refractivity contribution in [3.63, 3.8) is 0 Å². The maximum atomic E-state index is 11.5. The minimum atomic E-state index is 0.138. The highest BCUT2D eigenvalue weighted by Gasteiger charge is 2.20. The van der Waals surface area contributed by atoms with Crippen LogP contribution in [-0.4, -0.2) is 47.0 Å². The van der Waals surface area contributed by atoms with Gasteiger partial charge in [-0.3, -0.25) is 4.79 Å². The molecule has 0 unspecified atom stereocenters. The lowest BCUT2D eigenvalue weighted by molar-refractivity contribution is -0.129. The average Bonchev–Trinajstić information content (AvgIpc) is 2.60. The van der Waals surface area contributed by atoms with Crippen LogP contribution in [0.5, 0.6) is 0 Å². The van der Waals surface area contributed by atoms with E-state index in [1.165, 1.54) is 11.1 Å². The molecule has 1 saturated heterocycles. The molecule has 1 aromatic heterocycles. The van der Waals surface area contributed by atoms with Crippen LogP contribution in [0, 0.1) is 13.8 Å². The molecule has 1 aliphatic rings. The van der Waals surface area contributed by atoms with Crippen molar-refractivity contribution in [2.45, 2.75) is 27.3 Å². The molecule has 6 heteroatoms. The average molecular weight is 339 g/mol. The van der Waals surface area contributed by atoms with Crippen molar-refractivity contribution in [2.24, 2.45) is 0 Å². The van der Waals surface area contributed by atoms with Crippen molar-refractivity contribution in [3.8, 4) is 0 Å². The van der Waals surface area contributed by atoms with Gasteiger partial charge in [0.15, 0.2) is 0 Å². The largest absolute Gasteiger partial charge is 0.366 e. The van der Waals surface area contributed by atoms with Gasteiger partial charge in [-0.1, -0.05) is 29.8 Å². The third-order valence-corrected chi connectivity index (χ3v) is 4.43. The van der Waals surface area contributed by atoms with E-state index in [1.54, 1.807) is 6.92 Å². The van der Waals surface area contributed by atoms with Crippen LogP contribution in [0.1, 0.15) is 23.9 Å². The molecule has 1 fully saturated rings. The summed E-state index contributed by atoms with van der Waals surface area (Å²) in [6.07, 6.45) is 0. The van der Waals surface area contributed by atoms with Gasteiger partial charge in [-0.2, -0.15) is 0 Å². The Morgan fingerprint density at radius 3 is 2.56 bits per heavy atom. The molecule has 1 aromatic carbocycles. The molecule has 0 bridgehead atoms. The summed E-state index contributed by atoms with van der Waals surface area (Å²) in [5, 5.41) is 3.39. The molecule has 6 nitrogen and oxygen atoms in total. The highest BCUT2D eigenvalue weighted by Crippen LogP contribution is 2.18. The number of carbonyl (C=O) groups excluding carboxylic acids is 1. The van der Waals surface area contributed by atoms with Gasteiger partial charge in [0.2, 0.25) is 5.91 Å². The van der Waals surface area contributed by atoms with E-state index in [-0.39, 0.29) is 5.91 Å². The first-order valence-corrected chi connectivity index (χ1v) is 8.67. The van der Waals surface area contributed by atoms with E-state index < -0.39 is 0 Å². The predicted molar refractivity (Wildman–Crippen MR) is 99.7 cm³/mol. The second-order valence-electron chi connectivity index (χ2n) is 6.49. The van der Waals surface area contributed by atoms with Gasteiger partial charge in [0.1, 0.15) is 17.5 Å².